The van der Waals surface area contributed by atoms with E-state index < -0.39 is 10.8 Å². The van der Waals surface area contributed by atoms with Gasteiger partial charge in [0.1, 0.15) is 6.61 Å². The number of nitrogens with zero attached hydrogens (tertiary/aromatic N) is 2. The van der Waals surface area contributed by atoms with E-state index in [2.05, 4.69) is 0 Å². The molecule has 0 unspecified atom stereocenters. The molecule has 30 heavy (non-hydrogen) atoms. The fraction of sp³-hybridized carbons (Fsp3) is 0.238. The van der Waals surface area contributed by atoms with E-state index in [1.54, 1.807) is 13.2 Å². The number of ether oxygens (including phenoxy) is 2. The number of nitro groups is 1. The van der Waals surface area contributed by atoms with Gasteiger partial charge in [0.15, 0.2) is 5.75 Å². The monoisotopic (exact) mass is 428 g/mol. The molecular formula is C21H20N2O6S. The topological polar surface area (TPSA) is 99.0 Å². The lowest BCUT2D eigenvalue weighted by atomic mass is 10.1. The third-order valence-corrected chi connectivity index (χ3v) is 5.23. The molecule has 1 fully saturated rings. The third-order valence-electron chi connectivity index (χ3n) is 4.32. The predicted octanol–water partition coefficient (Wildman–Crippen LogP) is 4.25. The normalized spacial score (nSPS) is 15.1. The Balaban J connectivity index is 1.76. The quantitative estimate of drug-likeness (QED) is 0.255. The van der Waals surface area contributed by atoms with Crippen LogP contribution < -0.4 is 4.74 Å². The molecule has 1 aliphatic rings. The Morgan fingerprint density at radius 1 is 1.17 bits per heavy atom. The highest BCUT2D eigenvalue weighted by molar-refractivity contribution is 8.18. The average Bonchev–Trinajstić information content (AvgIpc) is 3.01. The second-order valence-corrected chi connectivity index (χ2v) is 7.43. The lowest BCUT2D eigenvalue weighted by Gasteiger charge is -2.11. The Kier molecular flexibility index (Phi) is 7.21. The maximum Gasteiger partial charge on any atom is 0.311 e. The van der Waals surface area contributed by atoms with Gasteiger partial charge in [0.2, 0.25) is 0 Å². The number of hydrogen-bond donors (Lipinski definition) is 0. The van der Waals surface area contributed by atoms with Crippen LogP contribution in [0.25, 0.3) is 6.08 Å². The first-order valence-electron chi connectivity index (χ1n) is 9.19. The lowest BCUT2D eigenvalue weighted by Crippen LogP contribution is -2.29. The Bertz CT molecular complexity index is 977. The van der Waals surface area contributed by atoms with Crippen LogP contribution in [-0.2, 0) is 16.1 Å². The van der Waals surface area contributed by atoms with E-state index in [9.17, 15) is 19.7 Å². The minimum Gasteiger partial charge on any atom is -0.482 e. The number of rotatable bonds is 9. The van der Waals surface area contributed by atoms with Gasteiger partial charge in [-0.2, -0.15) is 0 Å². The molecule has 0 atom stereocenters. The molecule has 9 heteroatoms. The van der Waals surface area contributed by atoms with Crippen molar-refractivity contribution in [3.63, 3.8) is 0 Å². The van der Waals surface area contributed by atoms with Gasteiger partial charge in [0.05, 0.1) is 9.83 Å². The Morgan fingerprint density at radius 3 is 2.63 bits per heavy atom. The van der Waals surface area contributed by atoms with Crippen LogP contribution in [0.3, 0.4) is 0 Å². The van der Waals surface area contributed by atoms with Crippen LogP contribution in [0.1, 0.15) is 17.5 Å². The van der Waals surface area contributed by atoms with Gasteiger partial charge in [0.25, 0.3) is 11.1 Å². The Hall–Kier alpha value is -3.17. The summed E-state index contributed by atoms with van der Waals surface area (Å²) in [7, 11) is 1.55. The van der Waals surface area contributed by atoms with E-state index in [1.165, 1.54) is 18.2 Å². The molecule has 2 aromatic carbocycles. The summed E-state index contributed by atoms with van der Waals surface area (Å²) in [5.74, 6) is -0.276. The van der Waals surface area contributed by atoms with E-state index in [0.717, 1.165) is 22.2 Å². The van der Waals surface area contributed by atoms with Crippen molar-refractivity contribution < 1.29 is 24.0 Å². The van der Waals surface area contributed by atoms with Crippen LogP contribution in [0.15, 0.2) is 53.4 Å². The van der Waals surface area contributed by atoms with E-state index >= 15 is 0 Å². The number of methoxy groups -OCH3 is 1. The van der Waals surface area contributed by atoms with Gasteiger partial charge >= 0.3 is 5.69 Å². The molecule has 156 valence electrons. The van der Waals surface area contributed by atoms with Crippen LogP contribution in [-0.4, -0.2) is 41.2 Å². The zero-order valence-corrected chi connectivity index (χ0v) is 17.1. The molecule has 8 nitrogen and oxygen atoms in total. The highest BCUT2D eigenvalue weighted by Crippen LogP contribution is 2.34. The molecule has 0 radical (unpaired) electrons. The van der Waals surface area contributed by atoms with Gasteiger partial charge in [-0.05, 0) is 41.5 Å². The van der Waals surface area contributed by atoms with Crippen LogP contribution in [0.5, 0.6) is 5.75 Å². The largest absolute Gasteiger partial charge is 0.482 e. The molecule has 3 rings (SSSR count). The van der Waals surface area contributed by atoms with Crippen LogP contribution >= 0.6 is 11.8 Å². The zero-order valence-electron chi connectivity index (χ0n) is 16.3. The maximum atomic E-state index is 12.5. The van der Waals surface area contributed by atoms with Crippen LogP contribution in [0, 0.1) is 10.1 Å². The van der Waals surface area contributed by atoms with E-state index in [1.807, 2.05) is 30.3 Å². The molecule has 0 saturated carbocycles. The fourth-order valence-electron chi connectivity index (χ4n) is 2.84. The number of carbonyl (C=O) groups is 2. The SMILES string of the molecule is COCCCN1C(=O)S/C(=C/c2ccc(OCc3ccccc3)c([N+](=O)[O-])c2)C1=O. The van der Waals surface area contributed by atoms with E-state index in [-0.39, 0.29) is 34.7 Å². The standard InChI is InChI=1S/C21H20N2O6S/c1-28-11-5-10-22-20(24)19(30-21(22)25)13-16-8-9-18(17(12-16)23(26)27)29-14-15-6-3-2-4-7-15/h2-4,6-9,12-13H,5,10-11,14H2,1H3/b19-13+. The van der Waals surface area contributed by atoms with Crippen LogP contribution in [0.2, 0.25) is 0 Å². The number of carbonyl (C=O) groups excluding carboxylic acids is 2. The summed E-state index contributed by atoms with van der Waals surface area (Å²) in [6.07, 6.45) is 2.02. The van der Waals surface area contributed by atoms with E-state index in [0.29, 0.717) is 18.6 Å². The number of imide groups is 1. The molecule has 1 heterocycles. The first-order chi connectivity index (χ1) is 14.5. The molecular weight excluding hydrogens is 408 g/mol. The zero-order chi connectivity index (χ0) is 21.5. The number of thioether (sulfide) groups is 1. The van der Waals surface area contributed by atoms with Gasteiger partial charge in [0, 0.05) is 26.3 Å². The van der Waals surface area contributed by atoms with Crippen molar-refractivity contribution in [1.29, 1.82) is 0 Å². The molecule has 2 aromatic rings. The fourth-order valence-corrected chi connectivity index (χ4v) is 3.70. The van der Waals surface area contributed by atoms with Gasteiger partial charge in [-0.3, -0.25) is 24.6 Å². The number of nitro benzene ring substituents is 1. The summed E-state index contributed by atoms with van der Waals surface area (Å²) in [6, 6.07) is 13.8. The Labute approximate surface area is 177 Å². The molecule has 0 N–H and O–H groups in total. The summed E-state index contributed by atoms with van der Waals surface area (Å²) in [5, 5.41) is 11.1. The minimum absolute atomic E-state index is 0.133. The second kappa shape index (κ2) is 10.0. The molecule has 0 aromatic heterocycles. The third kappa shape index (κ3) is 5.25. The second-order valence-electron chi connectivity index (χ2n) is 6.44. The van der Waals surface area contributed by atoms with Gasteiger partial charge < -0.3 is 9.47 Å². The Morgan fingerprint density at radius 2 is 1.93 bits per heavy atom. The van der Waals surface area contributed by atoms with Gasteiger partial charge in [-0.15, -0.1) is 0 Å². The van der Waals surface area contributed by atoms with Crippen molar-refractivity contribution in [1.82, 2.24) is 4.90 Å². The molecule has 0 spiro atoms. The summed E-state index contributed by atoms with van der Waals surface area (Å²) >= 11 is 0.817. The number of benzene rings is 2. The summed E-state index contributed by atoms with van der Waals surface area (Å²) in [5.41, 5.74) is 1.12. The van der Waals surface area contributed by atoms with Crippen LogP contribution in [0.4, 0.5) is 10.5 Å². The molecule has 1 saturated heterocycles. The number of amides is 2. The number of hydrogen-bond acceptors (Lipinski definition) is 7. The highest BCUT2D eigenvalue weighted by atomic mass is 32.2. The van der Waals surface area contributed by atoms with Gasteiger partial charge in [-0.1, -0.05) is 36.4 Å². The van der Waals surface area contributed by atoms with Crippen molar-refractivity contribution in [3.8, 4) is 5.75 Å². The summed E-state index contributed by atoms with van der Waals surface area (Å²) in [6.45, 7) is 0.904. The van der Waals surface area contributed by atoms with Crippen molar-refractivity contribution in [2.45, 2.75) is 13.0 Å². The first kappa shape index (κ1) is 21.5. The van der Waals surface area contributed by atoms with Gasteiger partial charge in [-0.25, -0.2) is 0 Å². The summed E-state index contributed by atoms with van der Waals surface area (Å²) < 4.78 is 10.6. The first-order valence-corrected chi connectivity index (χ1v) is 10.0. The van der Waals surface area contributed by atoms with Crippen molar-refractivity contribution in [2.24, 2.45) is 0 Å². The van der Waals surface area contributed by atoms with E-state index in [4.69, 9.17) is 9.47 Å². The average molecular weight is 428 g/mol. The van der Waals surface area contributed by atoms with Crippen molar-refractivity contribution >= 4 is 34.7 Å². The molecule has 0 bridgehead atoms. The molecule has 2 amide bonds. The maximum absolute atomic E-state index is 12.5. The summed E-state index contributed by atoms with van der Waals surface area (Å²) in [4.78, 5) is 36.9. The lowest BCUT2D eigenvalue weighted by molar-refractivity contribution is -0.386. The van der Waals surface area contributed by atoms with Crippen molar-refractivity contribution in [3.05, 3.63) is 74.7 Å². The predicted molar refractivity (Wildman–Crippen MR) is 113 cm³/mol. The molecule has 1 aliphatic heterocycles. The molecule has 0 aliphatic carbocycles. The van der Waals surface area contributed by atoms with Crippen molar-refractivity contribution in [2.75, 3.05) is 20.3 Å². The minimum atomic E-state index is -0.534. The highest BCUT2D eigenvalue weighted by Gasteiger charge is 2.34. The smallest absolute Gasteiger partial charge is 0.311 e.